The third kappa shape index (κ3) is 2.47. The zero-order chi connectivity index (χ0) is 18.4. The van der Waals surface area contributed by atoms with Crippen LogP contribution < -0.4 is 5.32 Å². The van der Waals surface area contributed by atoms with E-state index in [0.29, 0.717) is 32.8 Å². The molecule has 1 aliphatic heterocycles. The van der Waals surface area contributed by atoms with Crippen LogP contribution in [0.2, 0.25) is 10.0 Å². The van der Waals surface area contributed by atoms with Crippen LogP contribution in [-0.4, -0.2) is 22.6 Å². The summed E-state index contributed by atoms with van der Waals surface area (Å²) in [5, 5.41) is 4.03. The monoisotopic (exact) mass is 387 g/mol. The number of nitrogens with one attached hydrogen (secondary N) is 1. The van der Waals surface area contributed by atoms with E-state index in [0.717, 1.165) is 11.0 Å². The first-order valence-corrected chi connectivity index (χ1v) is 8.75. The lowest BCUT2D eigenvalue weighted by Gasteiger charge is -2.30. The number of methoxy groups -OCH3 is 1. The van der Waals surface area contributed by atoms with Crippen molar-refractivity contribution in [2.24, 2.45) is 0 Å². The van der Waals surface area contributed by atoms with Crippen LogP contribution in [0.1, 0.15) is 18.5 Å². The third-order valence-corrected chi connectivity index (χ3v) is 5.35. The lowest BCUT2D eigenvalue weighted by Crippen LogP contribution is -2.28. The van der Waals surface area contributed by atoms with E-state index in [1.54, 1.807) is 6.07 Å². The maximum absolute atomic E-state index is 12.6. The summed E-state index contributed by atoms with van der Waals surface area (Å²) in [5.41, 5.74) is 3.54. The minimum Gasteiger partial charge on any atom is -0.466 e. The second kappa shape index (κ2) is 6.34. The number of fused-ring (bicyclic) bond motifs is 3. The van der Waals surface area contributed by atoms with Gasteiger partial charge in [0.2, 0.25) is 5.95 Å². The van der Waals surface area contributed by atoms with Gasteiger partial charge in [0.15, 0.2) is 0 Å². The van der Waals surface area contributed by atoms with Gasteiger partial charge in [-0.2, -0.15) is 0 Å². The molecule has 1 atom stereocenters. The van der Waals surface area contributed by atoms with Crippen molar-refractivity contribution in [3.63, 3.8) is 0 Å². The molecule has 26 heavy (non-hydrogen) atoms. The number of esters is 1. The molecule has 2 heterocycles. The van der Waals surface area contributed by atoms with E-state index in [1.807, 2.05) is 47.9 Å². The van der Waals surface area contributed by atoms with Crippen molar-refractivity contribution in [1.82, 2.24) is 9.55 Å². The van der Waals surface area contributed by atoms with Gasteiger partial charge in [-0.15, -0.1) is 0 Å². The number of allylic oxidation sites excluding steroid dienone is 1. The highest BCUT2D eigenvalue weighted by molar-refractivity contribution is 6.42. The molecule has 1 aromatic heterocycles. The molecule has 0 unspecified atom stereocenters. The molecule has 0 saturated heterocycles. The molecule has 5 nitrogen and oxygen atoms in total. The molecule has 132 valence electrons. The first-order chi connectivity index (χ1) is 12.5. The molecule has 0 spiro atoms. The number of nitrogens with zero attached hydrogens (tertiary/aromatic N) is 2. The van der Waals surface area contributed by atoms with Crippen LogP contribution in [0.15, 0.2) is 53.7 Å². The van der Waals surface area contributed by atoms with Crippen molar-refractivity contribution in [2.75, 3.05) is 12.4 Å². The lowest BCUT2D eigenvalue weighted by molar-refractivity contribution is -0.136. The van der Waals surface area contributed by atoms with E-state index >= 15 is 0 Å². The fraction of sp³-hybridized carbons (Fsp3) is 0.158. The topological polar surface area (TPSA) is 56.1 Å². The number of rotatable bonds is 2. The number of ether oxygens (including phenoxy) is 1. The molecule has 3 aromatic rings. The van der Waals surface area contributed by atoms with Gasteiger partial charge in [-0.3, -0.25) is 4.57 Å². The quantitative estimate of drug-likeness (QED) is 0.641. The molecule has 0 amide bonds. The summed E-state index contributed by atoms with van der Waals surface area (Å²) >= 11 is 12.8. The number of benzene rings is 2. The fourth-order valence-corrected chi connectivity index (χ4v) is 3.78. The van der Waals surface area contributed by atoms with Crippen LogP contribution in [0, 0.1) is 0 Å². The molecule has 1 N–H and O–H groups in total. The average molecular weight is 388 g/mol. The van der Waals surface area contributed by atoms with Gasteiger partial charge < -0.3 is 10.1 Å². The Morgan fingerprint density at radius 3 is 2.73 bits per heavy atom. The first-order valence-electron chi connectivity index (χ1n) is 8.00. The summed E-state index contributed by atoms with van der Waals surface area (Å²) in [6, 6.07) is 12.6. The van der Waals surface area contributed by atoms with Gasteiger partial charge in [-0.25, -0.2) is 9.78 Å². The highest BCUT2D eigenvalue weighted by Gasteiger charge is 2.35. The molecule has 0 radical (unpaired) electrons. The van der Waals surface area contributed by atoms with Crippen LogP contribution in [-0.2, 0) is 9.53 Å². The summed E-state index contributed by atoms with van der Waals surface area (Å²) in [7, 11) is 1.36. The second-order valence-electron chi connectivity index (χ2n) is 5.99. The number of anilines is 1. The molecule has 1 aliphatic rings. The van der Waals surface area contributed by atoms with Crippen LogP contribution in [0.3, 0.4) is 0 Å². The Bertz CT molecular complexity index is 1070. The molecule has 0 saturated carbocycles. The van der Waals surface area contributed by atoms with Crippen molar-refractivity contribution in [1.29, 1.82) is 0 Å². The number of halogens is 2. The largest absolute Gasteiger partial charge is 0.466 e. The first kappa shape index (κ1) is 16.9. The maximum Gasteiger partial charge on any atom is 0.337 e. The van der Waals surface area contributed by atoms with Crippen LogP contribution in [0.5, 0.6) is 0 Å². The van der Waals surface area contributed by atoms with Gasteiger partial charge in [0, 0.05) is 5.70 Å². The van der Waals surface area contributed by atoms with E-state index < -0.39 is 12.0 Å². The molecule has 0 aliphatic carbocycles. The van der Waals surface area contributed by atoms with E-state index in [9.17, 15) is 4.79 Å². The van der Waals surface area contributed by atoms with Crippen LogP contribution in [0.25, 0.3) is 11.0 Å². The fourth-order valence-electron chi connectivity index (χ4n) is 3.36. The number of carbonyl (C=O) groups excluding carboxylic acids is 1. The Kier molecular flexibility index (Phi) is 4.13. The van der Waals surface area contributed by atoms with Gasteiger partial charge in [0.05, 0.1) is 39.8 Å². The zero-order valence-corrected chi connectivity index (χ0v) is 15.6. The Labute approximate surface area is 160 Å². The molecule has 0 bridgehead atoms. The standard InChI is InChI=1S/C19H15Cl2N3O2/c1-10-15(18(25)26-2)17(11-6-5-7-12(20)16(11)21)24-14-9-4-3-8-13(14)23-19(24)22-10/h3-9,17H,1-2H3,(H,22,23)/t17-/m0/s1. The number of carbonyl (C=O) groups is 1. The Morgan fingerprint density at radius 2 is 1.96 bits per heavy atom. The van der Waals surface area contributed by atoms with Gasteiger partial charge >= 0.3 is 5.97 Å². The SMILES string of the molecule is COC(=O)C1=C(C)Nc2nc3ccccc3n2[C@H]1c1cccc(Cl)c1Cl. The molecule has 4 rings (SSSR count). The summed E-state index contributed by atoms with van der Waals surface area (Å²) in [5.74, 6) is 0.205. The number of hydrogen-bond acceptors (Lipinski definition) is 4. The van der Waals surface area contributed by atoms with Crippen molar-refractivity contribution < 1.29 is 9.53 Å². The second-order valence-corrected chi connectivity index (χ2v) is 6.78. The predicted molar refractivity (Wildman–Crippen MR) is 103 cm³/mol. The van der Waals surface area contributed by atoms with Gasteiger partial charge in [-0.05, 0) is 30.7 Å². The van der Waals surface area contributed by atoms with Crippen LogP contribution in [0.4, 0.5) is 5.95 Å². The molecule has 7 heteroatoms. The van der Waals surface area contributed by atoms with Crippen LogP contribution >= 0.6 is 23.2 Å². The summed E-state index contributed by atoms with van der Waals surface area (Å²) in [6.07, 6.45) is 0. The maximum atomic E-state index is 12.6. The highest BCUT2D eigenvalue weighted by Crippen LogP contribution is 2.43. The van der Waals surface area contributed by atoms with Crippen molar-refractivity contribution >= 4 is 46.2 Å². The van der Waals surface area contributed by atoms with E-state index in [1.165, 1.54) is 7.11 Å². The molecular weight excluding hydrogens is 373 g/mol. The number of imidazole rings is 1. The van der Waals surface area contributed by atoms with E-state index in [-0.39, 0.29) is 0 Å². The Balaban J connectivity index is 2.07. The minimum atomic E-state index is -0.503. The van der Waals surface area contributed by atoms with Gasteiger partial charge in [0.1, 0.15) is 0 Å². The zero-order valence-electron chi connectivity index (χ0n) is 14.1. The Morgan fingerprint density at radius 1 is 1.19 bits per heavy atom. The summed E-state index contributed by atoms with van der Waals surface area (Å²) < 4.78 is 6.99. The minimum absolute atomic E-state index is 0.402. The van der Waals surface area contributed by atoms with Crippen molar-refractivity contribution in [2.45, 2.75) is 13.0 Å². The molecule has 0 fully saturated rings. The van der Waals surface area contributed by atoms with Crippen molar-refractivity contribution in [3.05, 3.63) is 69.3 Å². The number of para-hydroxylation sites is 2. The van der Waals surface area contributed by atoms with Crippen molar-refractivity contribution in [3.8, 4) is 0 Å². The van der Waals surface area contributed by atoms with E-state index in [4.69, 9.17) is 27.9 Å². The molecule has 2 aromatic carbocycles. The normalized spacial score (nSPS) is 16.4. The lowest BCUT2D eigenvalue weighted by atomic mass is 9.95. The smallest absolute Gasteiger partial charge is 0.337 e. The molecular formula is C19H15Cl2N3O2. The predicted octanol–water partition coefficient (Wildman–Crippen LogP) is 4.81. The summed E-state index contributed by atoms with van der Waals surface area (Å²) in [6.45, 7) is 1.82. The number of aromatic nitrogens is 2. The van der Waals surface area contributed by atoms with Gasteiger partial charge in [0.25, 0.3) is 0 Å². The van der Waals surface area contributed by atoms with Gasteiger partial charge in [-0.1, -0.05) is 47.5 Å². The highest BCUT2D eigenvalue weighted by atomic mass is 35.5. The third-order valence-electron chi connectivity index (χ3n) is 4.51. The average Bonchev–Trinajstić information content (AvgIpc) is 3.00. The summed E-state index contributed by atoms with van der Waals surface area (Å²) in [4.78, 5) is 17.2. The Hall–Kier alpha value is -2.50. The van der Waals surface area contributed by atoms with E-state index in [2.05, 4.69) is 10.3 Å². The number of hydrogen-bond donors (Lipinski definition) is 1.